The summed E-state index contributed by atoms with van der Waals surface area (Å²) in [4.78, 5) is 4.58. The lowest BCUT2D eigenvalue weighted by molar-refractivity contribution is 0.389. The molecule has 1 aromatic carbocycles. The number of hydrogen-bond acceptors (Lipinski definition) is 3. The van der Waals surface area contributed by atoms with Crippen LogP contribution in [-0.2, 0) is 12.0 Å². The highest BCUT2D eigenvalue weighted by Crippen LogP contribution is 2.32. The second kappa shape index (κ2) is 5.21. The van der Waals surface area contributed by atoms with Gasteiger partial charge in [-0.3, -0.25) is 0 Å². The third-order valence-electron chi connectivity index (χ3n) is 3.33. The van der Waals surface area contributed by atoms with Crippen LogP contribution in [0, 0.1) is 17.1 Å². The van der Waals surface area contributed by atoms with E-state index in [0.717, 1.165) is 12.2 Å². The molecule has 5 heteroatoms. The van der Waals surface area contributed by atoms with E-state index >= 15 is 0 Å². The Labute approximate surface area is 124 Å². The largest absolute Gasteiger partial charge is 0.383 e. The van der Waals surface area contributed by atoms with Gasteiger partial charge in [-0.05, 0) is 39.0 Å². The van der Waals surface area contributed by atoms with E-state index in [2.05, 4.69) is 25.8 Å². The van der Waals surface area contributed by atoms with Crippen molar-refractivity contribution in [1.29, 1.82) is 5.26 Å². The van der Waals surface area contributed by atoms with Gasteiger partial charge in [0.2, 0.25) is 0 Å². The Hall–Kier alpha value is -2.35. The van der Waals surface area contributed by atoms with Crippen LogP contribution in [0.5, 0.6) is 0 Å². The summed E-state index contributed by atoms with van der Waals surface area (Å²) in [6.45, 7) is 8.18. The minimum Gasteiger partial charge on any atom is -0.383 e. The maximum Gasteiger partial charge on any atom is 0.140 e. The van der Waals surface area contributed by atoms with Crippen LogP contribution >= 0.6 is 0 Å². The Bertz CT molecular complexity index is 717. The van der Waals surface area contributed by atoms with Crippen LogP contribution < -0.4 is 5.73 Å². The fraction of sp³-hybridized carbons (Fsp3) is 0.375. The van der Waals surface area contributed by atoms with E-state index in [1.807, 2.05) is 17.6 Å². The smallest absolute Gasteiger partial charge is 0.140 e. The van der Waals surface area contributed by atoms with Gasteiger partial charge in [0.05, 0.1) is 5.56 Å². The first-order chi connectivity index (χ1) is 9.79. The van der Waals surface area contributed by atoms with E-state index in [1.165, 1.54) is 12.1 Å². The second-order valence-electron chi connectivity index (χ2n) is 5.93. The Morgan fingerprint density at radius 1 is 1.38 bits per heavy atom. The summed E-state index contributed by atoms with van der Waals surface area (Å²) in [6, 6.07) is 6.20. The standard InChI is InChI=1S/C16H19FN4/c1-5-13-20-14(15(19)21(13)16(2,3)4)10-6-7-12(17)11(8-10)9-18/h6-8H,5,19H2,1-4H3. The molecular formula is C16H19FN4. The molecular weight excluding hydrogens is 267 g/mol. The average Bonchev–Trinajstić information content (AvgIpc) is 2.76. The molecule has 0 aliphatic rings. The number of hydrogen-bond donors (Lipinski definition) is 1. The molecule has 0 fully saturated rings. The average molecular weight is 286 g/mol. The van der Waals surface area contributed by atoms with Gasteiger partial charge in [-0.15, -0.1) is 0 Å². The van der Waals surface area contributed by atoms with Crippen molar-refractivity contribution in [2.24, 2.45) is 0 Å². The molecule has 2 N–H and O–H groups in total. The molecule has 0 radical (unpaired) electrons. The predicted molar refractivity (Wildman–Crippen MR) is 81.1 cm³/mol. The van der Waals surface area contributed by atoms with Crippen LogP contribution in [0.1, 0.15) is 39.1 Å². The maximum absolute atomic E-state index is 13.4. The zero-order chi connectivity index (χ0) is 15.8. The Kier molecular flexibility index (Phi) is 3.73. The van der Waals surface area contributed by atoms with Gasteiger partial charge in [0.25, 0.3) is 0 Å². The van der Waals surface area contributed by atoms with Crippen LogP contribution in [-0.4, -0.2) is 9.55 Å². The fourth-order valence-electron chi connectivity index (χ4n) is 2.44. The van der Waals surface area contributed by atoms with Crippen molar-refractivity contribution in [3.63, 3.8) is 0 Å². The number of rotatable bonds is 2. The van der Waals surface area contributed by atoms with Crippen molar-refractivity contribution >= 4 is 5.82 Å². The molecule has 0 unspecified atom stereocenters. The van der Waals surface area contributed by atoms with E-state index in [0.29, 0.717) is 17.1 Å². The third kappa shape index (κ3) is 2.62. The highest BCUT2D eigenvalue weighted by molar-refractivity contribution is 5.72. The number of benzene rings is 1. The van der Waals surface area contributed by atoms with Gasteiger partial charge in [-0.1, -0.05) is 6.92 Å². The summed E-state index contributed by atoms with van der Waals surface area (Å²) < 4.78 is 15.4. The van der Waals surface area contributed by atoms with Gasteiger partial charge in [0.1, 0.15) is 29.2 Å². The van der Waals surface area contributed by atoms with Gasteiger partial charge >= 0.3 is 0 Å². The van der Waals surface area contributed by atoms with Crippen molar-refractivity contribution in [2.45, 2.75) is 39.7 Å². The zero-order valence-electron chi connectivity index (χ0n) is 12.7. The van der Waals surface area contributed by atoms with Gasteiger partial charge < -0.3 is 10.3 Å². The van der Waals surface area contributed by atoms with Crippen LogP contribution in [0.3, 0.4) is 0 Å². The fourth-order valence-corrected chi connectivity index (χ4v) is 2.44. The maximum atomic E-state index is 13.4. The third-order valence-corrected chi connectivity index (χ3v) is 3.33. The molecule has 1 heterocycles. The SMILES string of the molecule is CCc1nc(-c2ccc(F)c(C#N)c2)c(N)n1C(C)(C)C. The molecule has 0 aliphatic heterocycles. The molecule has 2 rings (SSSR count). The first-order valence-electron chi connectivity index (χ1n) is 6.87. The molecule has 2 aromatic rings. The van der Waals surface area contributed by atoms with E-state index < -0.39 is 5.82 Å². The number of nitrogens with zero attached hydrogens (tertiary/aromatic N) is 3. The van der Waals surface area contributed by atoms with E-state index in [-0.39, 0.29) is 11.1 Å². The van der Waals surface area contributed by atoms with Crippen LogP contribution in [0.15, 0.2) is 18.2 Å². The van der Waals surface area contributed by atoms with Gasteiger partial charge in [0.15, 0.2) is 0 Å². The molecule has 1 aromatic heterocycles. The van der Waals surface area contributed by atoms with Crippen molar-refractivity contribution in [3.05, 3.63) is 35.4 Å². The van der Waals surface area contributed by atoms with E-state index in [1.54, 1.807) is 6.07 Å². The lowest BCUT2D eigenvalue weighted by Crippen LogP contribution is -2.25. The lowest BCUT2D eigenvalue weighted by Gasteiger charge is -2.24. The van der Waals surface area contributed by atoms with Crippen molar-refractivity contribution in [3.8, 4) is 17.3 Å². The molecule has 4 nitrogen and oxygen atoms in total. The van der Waals surface area contributed by atoms with Crippen molar-refractivity contribution in [2.75, 3.05) is 5.73 Å². The highest BCUT2D eigenvalue weighted by atomic mass is 19.1. The Morgan fingerprint density at radius 2 is 2.05 bits per heavy atom. The summed E-state index contributed by atoms with van der Waals surface area (Å²) in [5.74, 6) is 0.874. The molecule has 0 aliphatic carbocycles. The number of nitrogen functional groups attached to an aromatic ring is 1. The topological polar surface area (TPSA) is 67.6 Å². The summed E-state index contributed by atoms with van der Waals surface area (Å²) in [5, 5.41) is 8.95. The Morgan fingerprint density at radius 3 is 2.52 bits per heavy atom. The molecule has 21 heavy (non-hydrogen) atoms. The summed E-state index contributed by atoms with van der Waals surface area (Å²) in [7, 11) is 0. The zero-order valence-corrected chi connectivity index (χ0v) is 12.7. The first-order valence-corrected chi connectivity index (χ1v) is 6.87. The summed E-state index contributed by atoms with van der Waals surface area (Å²) in [6.07, 6.45) is 0.744. The second-order valence-corrected chi connectivity index (χ2v) is 5.93. The predicted octanol–water partition coefficient (Wildman–Crippen LogP) is 3.46. The van der Waals surface area contributed by atoms with Gasteiger partial charge in [-0.2, -0.15) is 5.26 Å². The lowest BCUT2D eigenvalue weighted by atomic mass is 10.1. The van der Waals surface area contributed by atoms with E-state index in [9.17, 15) is 4.39 Å². The number of halogens is 1. The van der Waals surface area contributed by atoms with Crippen LogP contribution in [0.4, 0.5) is 10.2 Å². The number of nitrogens with two attached hydrogens (primary N) is 1. The number of anilines is 1. The summed E-state index contributed by atoms with van der Waals surface area (Å²) in [5.41, 5.74) is 7.30. The molecule has 0 amide bonds. The molecule has 110 valence electrons. The van der Waals surface area contributed by atoms with Crippen molar-refractivity contribution in [1.82, 2.24) is 9.55 Å². The minimum atomic E-state index is -0.536. The quantitative estimate of drug-likeness (QED) is 0.919. The minimum absolute atomic E-state index is 0.00439. The number of aryl methyl sites for hydroxylation is 1. The first kappa shape index (κ1) is 15.0. The van der Waals surface area contributed by atoms with Crippen LogP contribution in [0.25, 0.3) is 11.3 Å². The highest BCUT2D eigenvalue weighted by Gasteiger charge is 2.24. The summed E-state index contributed by atoms with van der Waals surface area (Å²) >= 11 is 0. The number of nitriles is 1. The number of imidazole rings is 1. The molecule has 0 saturated heterocycles. The molecule has 0 spiro atoms. The Balaban J connectivity index is 2.66. The van der Waals surface area contributed by atoms with Crippen LogP contribution in [0.2, 0.25) is 0 Å². The van der Waals surface area contributed by atoms with E-state index in [4.69, 9.17) is 11.0 Å². The van der Waals surface area contributed by atoms with Crippen molar-refractivity contribution < 1.29 is 4.39 Å². The normalized spacial score (nSPS) is 11.4. The van der Waals surface area contributed by atoms with Gasteiger partial charge in [-0.25, -0.2) is 9.37 Å². The number of aromatic nitrogens is 2. The molecule has 0 saturated carbocycles. The van der Waals surface area contributed by atoms with Gasteiger partial charge in [0, 0.05) is 17.5 Å². The molecule has 0 atom stereocenters. The monoisotopic (exact) mass is 286 g/mol. The molecule has 0 bridgehead atoms.